The minimum Gasteiger partial charge on any atom is -0.383 e. The van der Waals surface area contributed by atoms with E-state index in [1.165, 1.54) is 0 Å². The summed E-state index contributed by atoms with van der Waals surface area (Å²) < 4.78 is 5.37. The summed E-state index contributed by atoms with van der Waals surface area (Å²) in [5, 5.41) is 3.06. The van der Waals surface area contributed by atoms with Crippen LogP contribution in [0.15, 0.2) is 5.38 Å². The number of rotatable bonds is 2. The molecule has 1 aliphatic rings. The van der Waals surface area contributed by atoms with Crippen LogP contribution in [0, 0.1) is 6.92 Å². The van der Waals surface area contributed by atoms with Gasteiger partial charge in [-0.15, -0.1) is 11.3 Å². The molecule has 6 heteroatoms. The molecule has 0 amide bonds. The van der Waals surface area contributed by atoms with Crippen molar-refractivity contribution in [2.75, 3.05) is 12.3 Å². The van der Waals surface area contributed by atoms with Crippen LogP contribution >= 0.6 is 11.3 Å². The average Bonchev–Trinajstić information content (AvgIpc) is 2.75. The predicted molar refractivity (Wildman–Crippen MR) is 69.5 cm³/mol. The van der Waals surface area contributed by atoms with Gasteiger partial charge in [0, 0.05) is 23.1 Å². The monoisotopic (exact) mass is 262 g/mol. The maximum Gasteiger partial charge on any atom is 0.137 e. The average molecular weight is 262 g/mol. The molecule has 0 fully saturated rings. The second-order valence-electron chi connectivity index (χ2n) is 4.31. The molecular weight excluding hydrogens is 248 g/mol. The standard InChI is InChI=1S/C12H14N4OS/c1-7-6-18-11(14-7)4-10-15-9-2-3-17-5-8(9)12(13)16-10/h6H,2-5H2,1H3,(H2,13,15,16). The molecule has 2 aromatic heterocycles. The Hall–Kier alpha value is -1.53. The Balaban J connectivity index is 1.91. The summed E-state index contributed by atoms with van der Waals surface area (Å²) in [7, 11) is 0. The van der Waals surface area contributed by atoms with Crippen LogP contribution in [0.3, 0.4) is 0 Å². The molecule has 5 nitrogen and oxygen atoms in total. The number of thiazole rings is 1. The van der Waals surface area contributed by atoms with Crippen molar-refractivity contribution >= 4 is 17.2 Å². The summed E-state index contributed by atoms with van der Waals surface area (Å²) in [4.78, 5) is 13.3. The van der Waals surface area contributed by atoms with Crippen LogP contribution in [0.25, 0.3) is 0 Å². The lowest BCUT2D eigenvalue weighted by Gasteiger charge is -2.17. The van der Waals surface area contributed by atoms with E-state index in [-0.39, 0.29) is 0 Å². The predicted octanol–water partition coefficient (Wildman–Crippen LogP) is 1.49. The van der Waals surface area contributed by atoms with E-state index in [4.69, 9.17) is 10.5 Å². The van der Waals surface area contributed by atoms with Gasteiger partial charge >= 0.3 is 0 Å². The molecule has 18 heavy (non-hydrogen) atoms. The van der Waals surface area contributed by atoms with Gasteiger partial charge in [-0.2, -0.15) is 0 Å². The lowest BCUT2D eigenvalue weighted by Crippen LogP contribution is -2.17. The lowest BCUT2D eigenvalue weighted by atomic mass is 10.1. The van der Waals surface area contributed by atoms with Crippen molar-refractivity contribution in [3.05, 3.63) is 33.2 Å². The quantitative estimate of drug-likeness (QED) is 0.887. The smallest absolute Gasteiger partial charge is 0.137 e. The van der Waals surface area contributed by atoms with E-state index in [2.05, 4.69) is 15.0 Å². The molecule has 2 N–H and O–H groups in total. The topological polar surface area (TPSA) is 73.9 Å². The number of aromatic nitrogens is 3. The zero-order chi connectivity index (χ0) is 12.5. The molecule has 3 heterocycles. The van der Waals surface area contributed by atoms with Crippen molar-refractivity contribution in [1.29, 1.82) is 0 Å². The van der Waals surface area contributed by atoms with E-state index in [0.717, 1.165) is 34.2 Å². The number of aryl methyl sites for hydroxylation is 1. The van der Waals surface area contributed by atoms with E-state index in [9.17, 15) is 0 Å². The third-order valence-electron chi connectivity index (χ3n) is 2.88. The molecule has 0 atom stereocenters. The van der Waals surface area contributed by atoms with E-state index < -0.39 is 0 Å². The van der Waals surface area contributed by atoms with Gasteiger partial charge in [-0.25, -0.2) is 15.0 Å². The summed E-state index contributed by atoms with van der Waals surface area (Å²) >= 11 is 1.63. The van der Waals surface area contributed by atoms with Crippen molar-refractivity contribution in [3.63, 3.8) is 0 Å². The fourth-order valence-electron chi connectivity index (χ4n) is 2.01. The zero-order valence-corrected chi connectivity index (χ0v) is 11.0. The highest BCUT2D eigenvalue weighted by Gasteiger charge is 2.17. The van der Waals surface area contributed by atoms with E-state index in [1.807, 2.05) is 12.3 Å². The van der Waals surface area contributed by atoms with Gasteiger partial charge in [0.25, 0.3) is 0 Å². The Labute approximate surface area is 109 Å². The Kier molecular flexibility index (Phi) is 2.97. The number of anilines is 1. The number of ether oxygens (including phenoxy) is 1. The number of hydrogen-bond acceptors (Lipinski definition) is 6. The fourth-order valence-corrected chi connectivity index (χ4v) is 2.78. The first-order valence-electron chi connectivity index (χ1n) is 5.85. The second-order valence-corrected chi connectivity index (χ2v) is 5.25. The molecule has 0 aliphatic carbocycles. The van der Waals surface area contributed by atoms with Crippen molar-refractivity contribution in [2.45, 2.75) is 26.4 Å². The molecule has 0 bridgehead atoms. The van der Waals surface area contributed by atoms with Gasteiger partial charge in [0.2, 0.25) is 0 Å². The Morgan fingerprint density at radius 2 is 2.28 bits per heavy atom. The summed E-state index contributed by atoms with van der Waals surface area (Å²) in [5.74, 6) is 1.30. The van der Waals surface area contributed by atoms with Gasteiger partial charge in [-0.3, -0.25) is 0 Å². The highest BCUT2D eigenvalue weighted by molar-refractivity contribution is 7.09. The molecule has 0 unspecified atom stereocenters. The number of nitrogens with zero attached hydrogens (tertiary/aromatic N) is 3. The molecule has 2 aromatic rings. The zero-order valence-electron chi connectivity index (χ0n) is 10.1. The van der Waals surface area contributed by atoms with Gasteiger partial charge in [0.15, 0.2) is 0 Å². The summed E-state index contributed by atoms with van der Waals surface area (Å²) in [6.07, 6.45) is 1.46. The van der Waals surface area contributed by atoms with E-state index in [1.54, 1.807) is 11.3 Å². The second kappa shape index (κ2) is 4.62. The minimum absolute atomic E-state index is 0.526. The van der Waals surface area contributed by atoms with Crippen LogP contribution in [0.1, 0.15) is 27.8 Å². The summed E-state index contributed by atoms with van der Waals surface area (Å²) in [6.45, 7) is 3.22. The third kappa shape index (κ3) is 2.21. The largest absolute Gasteiger partial charge is 0.383 e. The Bertz CT molecular complexity index is 581. The number of hydrogen-bond donors (Lipinski definition) is 1. The molecule has 94 valence electrons. The third-order valence-corrected chi connectivity index (χ3v) is 3.84. The van der Waals surface area contributed by atoms with Gasteiger partial charge in [0.1, 0.15) is 16.6 Å². The van der Waals surface area contributed by atoms with Gasteiger partial charge in [-0.1, -0.05) is 0 Å². The SMILES string of the molecule is Cc1csc(Cc2nc(N)c3c(n2)CCOC3)n1. The van der Waals surface area contributed by atoms with Crippen LogP contribution in [0.4, 0.5) is 5.82 Å². The van der Waals surface area contributed by atoms with Gasteiger partial charge in [0.05, 0.1) is 25.3 Å². The van der Waals surface area contributed by atoms with Crippen molar-refractivity contribution in [1.82, 2.24) is 15.0 Å². The normalized spacial score (nSPS) is 14.5. The molecule has 3 rings (SSSR count). The molecule has 0 saturated carbocycles. The molecular formula is C12H14N4OS. The summed E-state index contributed by atoms with van der Waals surface area (Å²) in [6, 6.07) is 0. The van der Waals surface area contributed by atoms with Crippen LogP contribution in [-0.2, 0) is 24.2 Å². The first-order chi connectivity index (χ1) is 8.72. The van der Waals surface area contributed by atoms with Crippen molar-refractivity contribution in [3.8, 4) is 0 Å². The van der Waals surface area contributed by atoms with Crippen molar-refractivity contribution < 1.29 is 4.74 Å². The maximum atomic E-state index is 5.95. The van der Waals surface area contributed by atoms with Crippen molar-refractivity contribution in [2.24, 2.45) is 0 Å². The minimum atomic E-state index is 0.526. The molecule has 0 saturated heterocycles. The highest BCUT2D eigenvalue weighted by Crippen LogP contribution is 2.21. The molecule has 1 aliphatic heterocycles. The number of fused-ring (bicyclic) bond motifs is 1. The van der Waals surface area contributed by atoms with Gasteiger partial charge < -0.3 is 10.5 Å². The van der Waals surface area contributed by atoms with Crippen LogP contribution in [0.5, 0.6) is 0 Å². The van der Waals surface area contributed by atoms with Gasteiger partial charge in [-0.05, 0) is 6.92 Å². The summed E-state index contributed by atoms with van der Waals surface area (Å²) in [5.41, 5.74) is 8.96. The highest BCUT2D eigenvalue weighted by atomic mass is 32.1. The first-order valence-corrected chi connectivity index (χ1v) is 6.73. The van der Waals surface area contributed by atoms with Crippen LogP contribution in [0.2, 0.25) is 0 Å². The van der Waals surface area contributed by atoms with E-state index in [0.29, 0.717) is 25.5 Å². The fraction of sp³-hybridized carbons (Fsp3) is 0.417. The Morgan fingerprint density at radius 3 is 3.06 bits per heavy atom. The number of nitrogen functional groups attached to an aromatic ring is 1. The van der Waals surface area contributed by atoms with Crippen LogP contribution in [-0.4, -0.2) is 21.6 Å². The molecule has 0 radical (unpaired) electrons. The lowest BCUT2D eigenvalue weighted by molar-refractivity contribution is 0.109. The molecule has 0 spiro atoms. The molecule has 0 aromatic carbocycles. The Morgan fingerprint density at radius 1 is 1.39 bits per heavy atom. The van der Waals surface area contributed by atoms with Crippen LogP contribution < -0.4 is 5.73 Å². The maximum absolute atomic E-state index is 5.95. The first kappa shape index (κ1) is 11.6. The van der Waals surface area contributed by atoms with E-state index >= 15 is 0 Å². The number of nitrogens with two attached hydrogens (primary N) is 1.